The summed E-state index contributed by atoms with van der Waals surface area (Å²) in [5.41, 5.74) is 0. The maximum Gasteiger partial charge on any atom is 0.220 e. The highest BCUT2D eigenvalue weighted by Crippen LogP contribution is 2.12. The molecule has 1 aromatic rings. The van der Waals surface area contributed by atoms with Crippen molar-refractivity contribution in [3.05, 3.63) is 24.2 Å². The minimum atomic E-state index is -0.0597. The SMILES string of the molecule is CC(C)NCCCC(=O)NC(C)c1ccco1. The summed E-state index contributed by atoms with van der Waals surface area (Å²) in [6.45, 7) is 6.99. The van der Waals surface area contributed by atoms with Crippen molar-refractivity contribution in [2.45, 2.75) is 45.7 Å². The lowest BCUT2D eigenvalue weighted by Crippen LogP contribution is -2.28. The summed E-state index contributed by atoms with van der Waals surface area (Å²) in [6.07, 6.45) is 3.02. The van der Waals surface area contributed by atoms with Crippen molar-refractivity contribution in [1.29, 1.82) is 0 Å². The molecular weight excluding hydrogens is 216 g/mol. The second-order valence-corrected chi connectivity index (χ2v) is 4.52. The monoisotopic (exact) mass is 238 g/mol. The smallest absolute Gasteiger partial charge is 0.220 e. The number of hydrogen-bond acceptors (Lipinski definition) is 3. The Balaban J connectivity index is 2.17. The van der Waals surface area contributed by atoms with Gasteiger partial charge in [-0.15, -0.1) is 0 Å². The summed E-state index contributed by atoms with van der Waals surface area (Å²) in [6, 6.07) is 4.10. The highest BCUT2D eigenvalue weighted by molar-refractivity contribution is 5.76. The molecule has 0 saturated carbocycles. The van der Waals surface area contributed by atoms with E-state index in [9.17, 15) is 4.79 Å². The molecule has 0 aromatic carbocycles. The lowest BCUT2D eigenvalue weighted by molar-refractivity contribution is -0.121. The van der Waals surface area contributed by atoms with Gasteiger partial charge in [-0.3, -0.25) is 4.79 Å². The first kappa shape index (κ1) is 13.8. The standard InChI is InChI=1S/C13H22N2O2/c1-10(2)14-8-4-7-13(16)15-11(3)12-6-5-9-17-12/h5-6,9-11,14H,4,7-8H2,1-3H3,(H,15,16). The summed E-state index contributed by atoms with van der Waals surface area (Å²) in [7, 11) is 0. The first-order valence-corrected chi connectivity index (χ1v) is 6.15. The van der Waals surface area contributed by atoms with Crippen LogP contribution in [0.5, 0.6) is 0 Å². The summed E-state index contributed by atoms with van der Waals surface area (Å²) >= 11 is 0. The topological polar surface area (TPSA) is 54.3 Å². The average Bonchev–Trinajstić information content (AvgIpc) is 2.77. The van der Waals surface area contributed by atoms with Gasteiger partial charge in [-0.2, -0.15) is 0 Å². The molecule has 1 rings (SSSR count). The van der Waals surface area contributed by atoms with Crippen molar-refractivity contribution < 1.29 is 9.21 Å². The van der Waals surface area contributed by atoms with E-state index < -0.39 is 0 Å². The van der Waals surface area contributed by atoms with Gasteiger partial charge in [-0.25, -0.2) is 0 Å². The predicted molar refractivity (Wildman–Crippen MR) is 67.6 cm³/mol. The minimum absolute atomic E-state index is 0.0597. The molecule has 4 heteroatoms. The Hall–Kier alpha value is -1.29. The Morgan fingerprint density at radius 1 is 1.41 bits per heavy atom. The van der Waals surface area contributed by atoms with Crippen LogP contribution >= 0.6 is 0 Å². The first-order chi connectivity index (χ1) is 8.09. The first-order valence-electron chi connectivity index (χ1n) is 6.15. The van der Waals surface area contributed by atoms with Crippen LogP contribution in [0, 0.1) is 0 Å². The third-order valence-corrected chi connectivity index (χ3v) is 2.48. The quantitative estimate of drug-likeness (QED) is 0.716. The van der Waals surface area contributed by atoms with Gasteiger partial charge in [0.1, 0.15) is 5.76 Å². The van der Waals surface area contributed by atoms with Gasteiger partial charge in [-0.1, -0.05) is 13.8 Å². The molecule has 0 aliphatic heterocycles. The normalized spacial score (nSPS) is 12.7. The number of carbonyl (C=O) groups is 1. The number of furan rings is 1. The number of nitrogens with one attached hydrogen (secondary N) is 2. The highest BCUT2D eigenvalue weighted by Gasteiger charge is 2.11. The van der Waals surface area contributed by atoms with Crippen molar-refractivity contribution in [2.24, 2.45) is 0 Å². The summed E-state index contributed by atoms with van der Waals surface area (Å²) in [4.78, 5) is 11.6. The van der Waals surface area contributed by atoms with Crippen molar-refractivity contribution >= 4 is 5.91 Å². The largest absolute Gasteiger partial charge is 0.467 e. The Bertz CT molecular complexity index is 320. The Labute approximate surface area is 103 Å². The molecule has 17 heavy (non-hydrogen) atoms. The predicted octanol–water partition coefficient (Wildman–Crippen LogP) is 2.23. The van der Waals surface area contributed by atoms with Gasteiger partial charge in [0.15, 0.2) is 0 Å². The minimum Gasteiger partial charge on any atom is -0.467 e. The van der Waals surface area contributed by atoms with Crippen LogP contribution in [-0.4, -0.2) is 18.5 Å². The maximum atomic E-state index is 11.6. The molecule has 1 unspecified atom stereocenters. The third kappa shape index (κ3) is 5.54. The second-order valence-electron chi connectivity index (χ2n) is 4.52. The number of hydrogen-bond donors (Lipinski definition) is 2. The molecule has 0 aliphatic carbocycles. The van der Waals surface area contributed by atoms with Gasteiger partial charge >= 0.3 is 0 Å². The summed E-state index contributed by atoms with van der Waals surface area (Å²) in [5, 5.41) is 6.19. The Morgan fingerprint density at radius 3 is 2.76 bits per heavy atom. The Kier molecular flexibility index (Phi) is 5.77. The van der Waals surface area contributed by atoms with Gasteiger partial charge in [0.25, 0.3) is 0 Å². The molecule has 0 bridgehead atoms. The van der Waals surface area contributed by atoms with Crippen LogP contribution in [0.1, 0.15) is 45.4 Å². The molecule has 1 aromatic heterocycles. The van der Waals surface area contributed by atoms with E-state index in [2.05, 4.69) is 24.5 Å². The maximum absolute atomic E-state index is 11.6. The zero-order valence-electron chi connectivity index (χ0n) is 10.8. The van der Waals surface area contributed by atoms with Crippen LogP contribution in [0.15, 0.2) is 22.8 Å². The van der Waals surface area contributed by atoms with E-state index in [4.69, 9.17) is 4.42 Å². The van der Waals surface area contributed by atoms with E-state index in [1.807, 2.05) is 19.1 Å². The number of amides is 1. The Morgan fingerprint density at radius 2 is 2.18 bits per heavy atom. The molecule has 0 spiro atoms. The molecule has 0 fully saturated rings. The fourth-order valence-corrected chi connectivity index (χ4v) is 1.56. The lowest BCUT2D eigenvalue weighted by atomic mass is 10.2. The summed E-state index contributed by atoms with van der Waals surface area (Å²) in [5.74, 6) is 0.859. The van der Waals surface area contributed by atoms with Gasteiger partial charge in [0.2, 0.25) is 5.91 Å². The fraction of sp³-hybridized carbons (Fsp3) is 0.615. The summed E-state index contributed by atoms with van der Waals surface area (Å²) < 4.78 is 5.23. The van der Waals surface area contributed by atoms with Gasteiger partial charge in [0.05, 0.1) is 12.3 Å². The van der Waals surface area contributed by atoms with Gasteiger partial charge in [-0.05, 0) is 32.0 Å². The molecule has 2 N–H and O–H groups in total. The molecular formula is C13H22N2O2. The van der Waals surface area contributed by atoms with Crippen LogP contribution in [0.3, 0.4) is 0 Å². The second kappa shape index (κ2) is 7.12. The average molecular weight is 238 g/mol. The zero-order chi connectivity index (χ0) is 12.7. The van der Waals surface area contributed by atoms with Crippen molar-refractivity contribution in [2.75, 3.05) is 6.54 Å². The van der Waals surface area contributed by atoms with E-state index in [1.54, 1.807) is 6.26 Å². The number of carbonyl (C=O) groups excluding carboxylic acids is 1. The van der Waals surface area contributed by atoms with Gasteiger partial charge in [0, 0.05) is 12.5 Å². The molecule has 4 nitrogen and oxygen atoms in total. The molecule has 1 atom stereocenters. The van der Waals surface area contributed by atoms with Gasteiger partial charge < -0.3 is 15.1 Å². The molecule has 96 valence electrons. The van der Waals surface area contributed by atoms with E-state index in [0.717, 1.165) is 18.7 Å². The third-order valence-electron chi connectivity index (χ3n) is 2.48. The van der Waals surface area contributed by atoms with E-state index >= 15 is 0 Å². The van der Waals surface area contributed by atoms with E-state index in [1.165, 1.54) is 0 Å². The van der Waals surface area contributed by atoms with E-state index in [0.29, 0.717) is 12.5 Å². The zero-order valence-corrected chi connectivity index (χ0v) is 10.8. The van der Waals surface area contributed by atoms with Crippen LogP contribution in [-0.2, 0) is 4.79 Å². The molecule has 1 heterocycles. The van der Waals surface area contributed by atoms with Crippen molar-refractivity contribution in [3.63, 3.8) is 0 Å². The molecule has 0 aliphatic rings. The highest BCUT2D eigenvalue weighted by atomic mass is 16.3. The van der Waals surface area contributed by atoms with Crippen LogP contribution in [0.4, 0.5) is 0 Å². The molecule has 1 amide bonds. The fourth-order valence-electron chi connectivity index (χ4n) is 1.56. The van der Waals surface area contributed by atoms with E-state index in [-0.39, 0.29) is 11.9 Å². The van der Waals surface area contributed by atoms with Crippen LogP contribution in [0.2, 0.25) is 0 Å². The molecule has 0 radical (unpaired) electrons. The molecule has 0 saturated heterocycles. The number of rotatable bonds is 7. The van der Waals surface area contributed by atoms with Crippen LogP contribution < -0.4 is 10.6 Å². The van der Waals surface area contributed by atoms with Crippen molar-refractivity contribution in [3.8, 4) is 0 Å². The lowest BCUT2D eigenvalue weighted by Gasteiger charge is -2.12. The van der Waals surface area contributed by atoms with Crippen LogP contribution in [0.25, 0.3) is 0 Å². The van der Waals surface area contributed by atoms with Crippen molar-refractivity contribution in [1.82, 2.24) is 10.6 Å².